The van der Waals surface area contributed by atoms with E-state index >= 15 is 0 Å². The molecule has 0 aliphatic heterocycles. The standard InChI is InChI=1S/C16H12/c1-3-7-13(8-4-1)16-12-11-14-9-5-2-6-10-15(14)16/h1-12H/i9+1. The van der Waals surface area contributed by atoms with Gasteiger partial charge in [0.1, 0.15) is 0 Å². The van der Waals surface area contributed by atoms with Crippen molar-refractivity contribution in [3.8, 4) is 22.3 Å². The molecule has 0 saturated heterocycles. The van der Waals surface area contributed by atoms with Gasteiger partial charge >= 0.3 is 0 Å². The highest BCUT2D eigenvalue weighted by Crippen LogP contribution is 2.34. The van der Waals surface area contributed by atoms with Gasteiger partial charge in [0.15, 0.2) is 0 Å². The summed E-state index contributed by atoms with van der Waals surface area (Å²) >= 11 is 0. The van der Waals surface area contributed by atoms with E-state index in [1.54, 1.807) is 0 Å². The third kappa shape index (κ3) is 1.49. The third-order valence-corrected chi connectivity index (χ3v) is 2.88. The smallest absolute Gasteiger partial charge is 0.0105 e. The van der Waals surface area contributed by atoms with Crippen molar-refractivity contribution in [1.82, 2.24) is 0 Å². The molecule has 0 amide bonds. The van der Waals surface area contributed by atoms with E-state index in [4.69, 9.17) is 0 Å². The number of rotatable bonds is 1. The minimum atomic E-state index is 1.28. The Morgan fingerprint density at radius 2 is 0.875 bits per heavy atom. The first kappa shape index (κ1) is 9.17. The number of benzene rings is 1. The van der Waals surface area contributed by atoms with Crippen molar-refractivity contribution >= 4 is 0 Å². The second-order valence-corrected chi connectivity index (χ2v) is 3.89. The maximum Gasteiger partial charge on any atom is -0.0105 e. The zero-order valence-electron chi connectivity index (χ0n) is 8.93. The van der Waals surface area contributed by atoms with Crippen molar-refractivity contribution < 1.29 is 0 Å². The van der Waals surface area contributed by atoms with Crippen LogP contribution in [0.15, 0.2) is 72.8 Å². The van der Waals surface area contributed by atoms with Gasteiger partial charge in [0.2, 0.25) is 0 Å². The van der Waals surface area contributed by atoms with Gasteiger partial charge in [0.05, 0.1) is 0 Å². The first-order chi connectivity index (χ1) is 7.95. The Kier molecular flexibility index (Phi) is 2.19. The van der Waals surface area contributed by atoms with E-state index in [2.05, 4.69) is 72.8 Å². The lowest BCUT2D eigenvalue weighted by Crippen LogP contribution is -1.75. The highest BCUT2D eigenvalue weighted by Gasteiger charge is 2.08. The van der Waals surface area contributed by atoms with Crippen LogP contribution in [0.4, 0.5) is 0 Å². The maximum atomic E-state index is 2.19. The monoisotopic (exact) mass is 205 g/mol. The zero-order valence-corrected chi connectivity index (χ0v) is 8.93. The molecule has 0 aromatic heterocycles. The van der Waals surface area contributed by atoms with Crippen LogP contribution >= 0.6 is 0 Å². The fourth-order valence-corrected chi connectivity index (χ4v) is 2.08. The van der Waals surface area contributed by atoms with Gasteiger partial charge in [0, 0.05) is 0 Å². The topological polar surface area (TPSA) is 0 Å². The van der Waals surface area contributed by atoms with Crippen molar-refractivity contribution in [2.45, 2.75) is 0 Å². The molecular weight excluding hydrogens is 193 g/mol. The van der Waals surface area contributed by atoms with Crippen molar-refractivity contribution in [2.24, 2.45) is 0 Å². The minimum Gasteiger partial charge on any atom is -0.0622 e. The summed E-state index contributed by atoms with van der Waals surface area (Å²) in [5.74, 6) is 0. The third-order valence-electron chi connectivity index (χ3n) is 2.88. The Bertz CT molecular complexity index is 567. The van der Waals surface area contributed by atoms with Crippen LogP contribution in [0.1, 0.15) is 0 Å². The molecule has 0 saturated carbocycles. The Morgan fingerprint density at radius 1 is 0.375 bits per heavy atom. The van der Waals surface area contributed by atoms with Crippen LogP contribution in [-0.4, -0.2) is 0 Å². The van der Waals surface area contributed by atoms with Gasteiger partial charge in [-0.3, -0.25) is 0 Å². The summed E-state index contributed by atoms with van der Waals surface area (Å²) in [6, 6.07) is 25.5. The number of hydrogen-bond acceptors (Lipinski definition) is 0. The molecule has 2 aliphatic rings. The van der Waals surface area contributed by atoms with Crippen LogP contribution in [0.2, 0.25) is 0 Å². The Balaban J connectivity index is 2.22. The molecule has 0 unspecified atom stereocenters. The lowest BCUT2D eigenvalue weighted by molar-refractivity contribution is 1.67. The van der Waals surface area contributed by atoms with Crippen LogP contribution < -0.4 is 0 Å². The zero-order chi connectivity index (χ0) is 10.8. The van der Waals surface area contributed by atoms with Gasteiger partial charge in [-0.15, -0.1) is 0 Å². The summed E-state index contributed by atoms with van der Waals surface area (Å²) < 4.78 is 0. The van der Waals surface area contributed by atoms with Gasteiger partial charge in [-0.05, 0) is 22.3 Å². The molecule has 16 heavy (non-hydrogen) atoms. The van der Waals surface area contributed by atoms with Crippen molar-refractivity contribution in [3.05, 3.63) is 72.8 Å². The molecule has 0 atom stereocenters. The van der Waals surface area contributed by atoms with Crippen LogP contribution in [0.25, 0.3) is 22.3 Å². The Hall–Kier alpha value is -2.08. The van der Waals surface area contributed by atoms with E-state index in [-0.39, 0.29) is 0 Å². The van der Waals surface area contributed by atoms with Gasteiger partial charge < -0.3 is 0 Å². The predicted octanol–water partition coefficient (Wildman–Crippen LogP) is 4.46. The number of fused-ring (bicyclic) bond motifs is 1. The molecule has 0 nitrogen and oxygen atoms in total. The normalized spacial score (nSPS) is 10.5. The van der Waals surface area contributed by atoms with E-state index in [1.165, 1.54) is 22.3 Å². The molecule has 0 spiro atoms. The summed E-state index contributed by atoms with van der Waals surface area (Å²) in [4.78, 5) is 0. The van der Waals surface area contributed by atoms with E-state index in [0.29, 0.717) is 0 Å². The Morgan fingerprint density at radius 3 is 1.56 bits per heavy atom. The predicted molar refractivity (Wildman–Crippen MR) is 68.5 cm³/mol. The molecule has 0 heterocycles. The summed E-state index contributed by atoms with van der Waals surface area (Å²) in [6.45, 7) is 0. The van der Waals surface area contributed by atoms with Gasteiger partial charge in [-0.1, -0.05) is 72.8 Å². The van der Waals surface area contributed by atoms with Crippen molar-refractivity contribution in [1.29, 1.82) is 0 Å². The lowest BCUT2D eigenvalue weighted by atomic mass is 10.0. The fourth-order valence-electron chi connectivity index (χ4n) is 2.08. The highest BCUT2D eigenvalue weighted by atomic mass is 14.2. The van der Waals surface area contributed by atoms with E-state index < -0.39 is 0 Å². The highest BCUT2D eigenvalue weighted by molar-refractivity contribution is 5.86. The van der Waals surface area contributed by atoms with Crippen LogP contribution in [0.3, 0.4) is 0 Å². The number of hydrogen-bond donors (Lipinski definition) is 0. The molecule has 0 heteroatoms. The van der Waals surface area contributed by atoms with Gasteiger partial charge in [-0.2, -0.15) is 0 Å². The van der Waals surface area contributed by atoms with E-state index in [1.807, 2.05) is 0 Å². The molecule has 0 radical (unpaired) electrons. The first-order valence-corrected chi connectivity index (χ1v) is 5.48. The lowest BCUT2D eigenvalue weighted by Gasteiger charge is -2.01. The summed E-state index contributed by atoms with van der Waals surface area (Å²) in [6.07, 6.45) is 0. The molecule has 1 aromatic rings. The molecule has 1 aromatic carbocycles. The molecule has 3 rings (SSSR count). The summed E-state index contributed by atoms with van der Waals surface area (Å²) in [7, 11) is 0. The molecule has 0 N–H and O–H groups in total. The molecular formula is C16H12. The average Bonchev–Trinajstić information content (AvgIpc) is 2.60. The molecule has 0 fully saturated rings. The minimum absolute atomic E-state index is 1.28. The van der Waals surface area contributed by atoms with E-state index in [9.17, 15) is 0 Å². The second kappa shape index (κ2) is 3.82. The first-order valence-electron chi connectivity index (χ1n) is 5.48. The maximum absolute atomic E-state index is 2.19. The molecule has 76 valence electrons. The second-order valence-electron chi connectivity index (χ2n) is 3.89. The Labute approximate surface area is 95.5 Å². The van der Waals surface area contributed by atoms with Crippen LogP contribution in [0.5, 0.6) is 0 Å². The largest absolute Gasteiger partial charge is 0.0622 e. The van der Waals surface area contributed by atoms with Crippen LogP contribution in [0, 0.1) is 0 Å². The van der Waals surface area contributed by atoms with Gasteiger partial charge in [0.25, 0.3) is 0 Å². The van der Waals surface area contributed by atoms with Crippen molar-refractivity contribution in [2.75, 3.05) is 0 Å². The average molecular weight is 205 g/mol. The quantitative estimate of drug-likeness (QED) is 0.550. The SMILES string of the molecule is c1ccc(-c2ccc3[13cH]ccccc2-3)cc1. The van der Waals surface area contributed by atoms with Crippen molar-refractivity contribution in [3.63, 3.8) is 0 Å². The summed E-state index contributed by atoms with van der Waals surface area (Å²) in [5, 5.41) is 0. The van der Waals surface area contributed by atoms with E-state index in [0.717, 1.165) is 0 Å². The fraction of sp³-hybridized carbons (Fsp3) is 0. The summed E-state index contributed by atoms with van der Waals surface area (Å²) in [5.41, 5.74) is 5.20. The molecule has 2 aliphatic carbocycles. The van der Waals surface area contributed by atoms with Gasteiger partial charge in [-0.25, -0.2) is 0 Å². The molecule has 0 bridgehead atoms. The van der Waals surface area contributed by atoms with Crippen LogP contribution in [-0.2, 0) is 0 Å².